The van der Waals surface area contributed by atoms with Gasteiger partial charge in [-0.3, -0.25) is 4.79 Å². The van der Waals surface area contributed by atoms with Gasteiger partial charge in [-0.2, -0.15) is 5.26 Å². The molecular weight excluding hydrogens is 300 g/mol. The number of nitriles is 1. The molecule has 0 radical (unpaired) electrons. The maximum absolute atomic E-state index is 12.8. The van der Waals surface area contributed by atoms with E-state index in [4.69, 9.17) is 5.26 Å². The zero-order valence-electron chi connectivity index (χ0n) is 13.7. The molecule has 0 atom stereocenters. The Balaban J connectivity index is 1.91. The van der Waals surface area contributed by atoms with Gasteiger partial charge >= 0.3 is 0 Å². The zero-order valence-corrected chi connectivity index (χ0v) is 13.7. The molecular formula is C19H18N4O. The van der Waals surface area contributed by atoms with Crippen molar-refractivity contribution in [1.82, 2.24) is 14.5 Å². The highest BCUT2D eigenvalue weighted by atomic mass is 16.2. The minimum atomic E-state index is -0.161. The predicted octanol–water partition coefficient (Wildman–Crippen LogP) is 3.05. The quantitative estimate of drug-likeness (QED) is 0.695. The van der Waals surface area contributed by atoms with E-state index in [1.807, 2.05) is 54.9 Å². The third-order valence-electron chi connectivity index (χ3n) is 4.12. The molecule has 0 saturated carbocycles. The second-order valence-corrected chi connectivity index (χ2v) is 5.73. The van der Waals surface area contributed by atoms with Crippen molar-refractivity contribution in [2.24, 2.45) is 7.05 Å². The first kappa shape index (κ1) is 15.8. The molecule has 0 unspecified atom stereocenters. The number of nitrogens with zero attached hydrogens (tertiary/aromatic N) is 4. The molecule has 120 valence electrons. The molecule has 5 nitrogen and oxygen atoms in total. The average molecular weight is 318 g/mol. The van der Waals surface area contributed by atoms with E-state index in [0.717, 1.165) is 22.4 Å². The van der Waals surface area contributed by atoms with Crippen LogP contribution in [0.1, 0.15) is 21.7 Å². The summed E-state index contributed by atoms with van der Waals surface area (Å²) in [6.07, 6.45) is 0. The Bertz CT molecular complexity index is 922. The van der Waals surface area contributed by atoms with Crippen LogP contribution >= 0.6 is 0 Å². The Morgan fingerprint density at radius 3 is 2.71 bits per heavy atom. The van der Waals surface area contributed by atoms with Crippen molar-refractivity contribution in [3.63, 3.8) is 0 Å². The fourth-order valence-electron chi connectivity index (χ4n) is 2.72. The molecule has 24 heavy (non-hydrogen) atoms. The topological polar surface area (TPSA) is 61.9 Å². The fraction of sp³-hybridized carbons (Fsp3) is 0.211. The number of carbonyl (C=O) groups is 1. The van der Waals surface area contributed by atoms with Gasteiger partial charge in [-0.15, -0.1) is 0 Å². The first-order chi connectivity index (χ1) is 11.6. The number of imidazole rings is 1. The molecule has 3 aromatic rings. The summed E-state index contributed by atoms with van der Waals surface area (Å²) < 4.78 is 1.99. The van der Waals surface area contributed by atoms with E-state index >= 15 is 0 Å². The Kier molecular flexibility index (Phi) is 4.30. The normalized spacial score (nSPS) is 10.5. The summed E-state index contributed by atoms with van der Waals surface area (Å²) in [5.74, 6) is 0.735. The van der Waals surface area contributed by atoms with E-state index in [9.17, 15) is 4.79 Å². The molecule has 1 aromatic heterocycles. The number of hydrogen-bond acceptors (Lipinski definition) is 3. The zero-order chi connectivity index (χ0) is 17.1. The number of aryl methyl sites for hydroxylation is 2. The van der Waals surface area contributed by atoms with Gasteiger partial charge in [-0.1, -0.05) is 30.3 Å². The van der Waals surface area contributed by atoms with Gasteiger partial charge in [0.25, 0.3) is 5.91 Å². The number of carbonyl (C=O) groups excluding carboxylic acids is 1. The number of amides is 1. The van der Waals surface area contributed by atoms with Crippen molar-refractivity contribution in [2.45, 2.75) is 13.5 Å². The van der Waals surface area contributed by atoms with Gasteiger partial charge in [0.15, 0.2) is 0 Å². The number of hydrogen-bond donors (Lipinski definition) is 0. The van der Waals surface area contributed by atoms with E-state index in [1.165, 1.54) is 0 Å². The van der Waals surface area contributed by atoms with Crippen LogP contribution in [0.5, 0.6) is 0 Å². The molecule has 0 spiro atoms. The third-order valence-corrected chi connectivity index (χ3v) is 4.12. The summed E-state index contributed by atoms with van der Waals surface area (Å²) in [5.41, 5.74) is 3.32. The van der Waals surface area contributed by atoms with Gasteiger partial charge in [0.1, 0.15) is 12.4 Å². The predicted molar refractivity (Wildman–Crippen MR) is 92.2 cm³/mol. The van der Waals surface area contributed by atoms with Crippen LogP contribution in [0.4, 0.5) is 0 Å². The van der Waals surface area contributed by atoms with Gasteiger partial charge in [0, 0.05) is 19.2 Å². The van der Waals surface area contributed by atoms with Crippen LogP contribution in [0.15, 0.2) is 48.5 Å². The minimum Gasteiger partial charge on any atom is -0.331 e. The van der Waals surface area contributed by atoms with Crippen LogP contribution in [0, 0.1) is 18.3 Å². The molecule has 1 amide bonds. The number of aromatic nitrogens is 2. The first-order valence-electron chi connectivity index (χ1n) is 7.73. The number of rotatable bonds is 4. The van der Waals surface area contributed by atoms with Gasteiger partial charge < -0.3 is 9.47 Å². The van der Waals surface area contributed by atoms with Crippen LogP contribution in [0.3, 0.4) is 0 Å². The standard InChI is InChI=1S/C19H18N4O/c1-14-21-17-12-16(8-9-18(17)22(14)2)19(24)23(11-10-20)13-15-6-4-3-5-7-15/h3-9,12H,11,13H2,1-2H3. The van der Waals surface area contributed by atoms with E-state index in [2.05, 4.69) is 11.1 Å². The third kappa shape index (κ3) is 2.99. The lowest BCUT2D eigenvalue weighted by atomic mass is 10.1. The van der Waals surface area contributed by atoms with Crippen LogP contribution in [0.2, 0.25) is 0 Å². The molecule has 0 aliphatic carbocycles. The Labute approximate surface area is 140 Å². The van der Waals surface area contributed by atoms with Crippen molar-refractivity contribution in [2.75, 3.05) is 6.54 Å². The smallest absolute Gasteiger partial charge is 0.255 e. The van der Waals surface area contributed by atoms with E-state index in [0.29, 0.717) is 12.1 Å². The molecule has 0 saturated heterocycles. The van der Waals surface area contributed by atoms with Crippen LogP contribution in [-0.4, -0.2) is 26.9 Å². The summed E-state index contributed by atoms with van der Waals surface area (Å²) in [7, 11) is 1.95. The lowest BCUT2D eigenvalue weighted by Gasteiger charge is -2.19. The molecule has 1 heterocycles. The average Bonchev–Trinajstić information content (AvgIpc) is 2.88. The van der Waals surface area contributed by atoms with Crippen LogP contribution in [-0.2, 0) is 13.6 Å². The van der Waals surface area contributed by atoms with Crippen molar-refractivity contribution >= 4 is 16.9 Å². The SMILES string of the molecule is Cc1nc2cc(C(=O)N(CC#N)Cc3ccccc3)ccc2n1C. The molecule has 0 fully saturated rings. The number of fused-ring (bicyclic) bond motifs is 1. The monoisotopic (exact) mass is 318 g/mol. The maximum atomic E-state index is 12.8. The van der Waals surface area contributed by atoms with Gasteiger partial charge in [-0.25, -0.2) is 4.98 Å². The van der Waals surface area contributed by atoms with E-state index < -0.39 is 0 Å². The van der Waals surface area contributed by atoms with Crippen molar-refractivity contribution < 1.29 is 4.79 Å². The molecule has 2 aromatic carbocycles. The molecule has 0 bridgehead atoms. The largest absolute Gasteiger partial charge is 0.331 e. The summed E-state index contributed by atoms with van der Waals surface area (Å²) >= 11 is 0. The molecule has 0 aliphatic rings. The lowest BCUT2D eigenvalue weighted by molar-refractivity contribution is 0.0765. The highest BCUT2D eigenvalue weighted by Gasteiger charge is 2.17. The number of benzene rings is 2. The molecule has 0 N–H and O–H groups in total. The maximum Gasteiger partial charge on any atom is 0.255 e. The Morgan fingerprint density at radius 2 is 2.00 bits per heavy atom. The van der Waals surface area contributed by atoms with Crippen LogP contribution in [0.25, 0.3) is 11.0 Å². The summed E-state index contributed by atoms with van der Waals surface area (Å²) in [5, 5.41) is 9.06. The first-order valence-corrected chi connectivity index (χ1v) is 7.73. The minimum absolute atomic E-state index is 0.0486. The molecule has 3 rings (SSSR count). The Hall–Kier alpha value is -3.13. The van der Waals surface area contributed by atoms with Crippen LogP contribution < -0.4 is 0 Å². The van der Waals surface area contributed by atoms with E-state index in [-0.39, 0.29) is 12.5 Å². The molecule has 5 heteroatoms. The summed E-state index contributed by atoms with van der Waals surface area (Å²) in [6, 6.07) is 17.2. The second-order valence-electron chi connectivity index (χ2n) is 5.73. The molecule has 0 aliphatic heterocycles. The van der Waals surface area contributed by atoms with Gasteiger partial charge in [0.2, 0.25) is 0 Å². The summed E-state index contributed by atoms with van der Waals surface area (Å²) in [6.45, 7) is 2.39. The van der Waals surface area contributed by atoms with Gasteiger partial charge in [-0.05, 0) is 30.7 Å². The Morgan fingerprint density at radius 1 is 1.25 bits per heavy atom. The van der Waals surface area contributed by atoms with Gasteiger partial charge in [0.05, 0.1) is 17.1 Å². The van der Waals surface area contributed by atoms with E-state index in [1.54, 1.807) is 17.0 Å². The second kappa shape index (κ2) is 6.55. The van der Waals surface area contributed by atoms with Crippen molar-refractivity contribution in [1.29, 1.82) is 5.26 Å². The highest BCUT2D eigenvalue weighted by molar-refractivity contribution is 5.97. The van der Waals surface area contributed by atoms with Crippen molar-refractivity contribution in [3.8, 4) is 6.07 Å². The fourth-order valence-corrected chi connectivity index (χ4v) is 2.72. The lowest BCUT2D eigenvalue weighted by Crippen LogP contribution is -2.30. The summed E-state index contributed by atoms with van der Waals surface area (Å²) in [4.78, 5) is 18.8. The van der Waals surface area contributed by atoms with Crippen molar-refractivity contribution in [3.05, 3.63) is 65.5 Å². The highest BCUT2D eigenvalue weighted by Crippen LogP contribution is 2.18.